The third-order valence-electron chi connectivity index (χ3n) is 3.37. The molecule has 0 saturated carbocycles. The number of benzene rings is 1. The first-order valence-corrected chi connectivity index (χ1v) is 6.65. The van der Waals surface area contributed by atoms with Crippen LogP contribution in [0.4, 0.5) is 0 Å². The first-order valence-electron chi connectivity index (χ1n) is 6.65. The van der Waals surface area contributed by atoms with Gasteiger partial charge in [0, 0.05) is 17.5 Å². The van der Waals surface area contributed by atoms with Gasteiger partial charge in [0.15, 0.2) is 0 Å². The van der Waals surface area contributed by atoms with Gasteiger partial charge in [-0.25, -0.2) is 0 Å². The number of furan rings is 1. The van der Waals surface area contributed by atoms with E-state index in [0.717, 1.165) is 18.7 Å². The average molecular weight is 245 g/mol. The van der Waals surface area contributed by atoms with Crippen LogP contribution in [-0.4, -0.2) is 6.54 Å². The van der Waals surface area contributed by atoms with E-state index < -0.39 is 0 Å². The largest absolute Gasteiger partial charge is 0.464 e. The minimum Gasteiger partial charge on any atom is -0.464 e. The van der Waals surface area contributed by atoms with Crippen LogP contribution in [0.15, 0.2) is 22.8 Å². The summed E-state index contributed by atoms with van der Waals surface area (Å²) in [6, 6.07) is 4.52. The fourth-order valence-electron chi connectivity index (χ4n) is 2.19. The molecular formula is C16H23NO. The maximum absolute atomic E-state index is 5.70. The number of hydrogen-bond donors (Lipinski definition) is 1. The fourth-order valence-corrected chi connectivity index (χ4v) is 2.19. The molecule has 0 saturated heterocycles. The Bertz CT molecular complexity index is 546. The van der Waals surface area contributed by atoms with Gasteiger partial charge in [0.05, 0.1) is 6.26 Å². The van der Waals surface area contributed by atoms with Crippen molar-refractivity contribution in [1.82, 2.24) is 5.32 Å². The van der Waals surface area contributed by atoms with Crippen LogP contribution in [0.3, 0.4) is 0 Å². The Kier molecular flexibility index (Phi) is 3.49. The summed E-state index contributed by atoms with van der Waals surface area (Å²) in [5.41, 5.74) is 5.04. The molecule has 1 aromatic heterocycles. The molecule has 0 atom stereocenters. The summed E-state index contributed by atoms with van der Waals surface area (Å²) >= 11 is 0. The van der Waals surface area contributed by atoms with E-state index in [2.05, 4.69) is 52.1 Å². The highest BCUT2D eigenvalue weighted by Crippen LogP contribution is 2.31. The second kappa shape index (κ2) is 4.77. The summed E-state index contributed by atoms with van der Waals surface area (Å²) in [4.78, 5) is 0. The van der Waals surface area contributed by atoms with Crippen molar-refractivity contribution in [2.24, 2.45) is 0 Å². The van der Waals surface area contributed by atoms with E-state index in [4.69, 9.17) is 4.42 Å². The number of fused-ring (bicyclic) bond motifs is 1. The molecule has 0 radical (unpaired) electrons. The van der Waals surface area contributed by atoms with Crippen LogP contribution in [0, 0.1) is 6.92 Å². The lowest BCUT2D eigenvalue weighted by molar-refractivity contribution is 0.587. The lowest BCUT2D eigenvalue weighted by atomic mass is 9.85. The first-order chi connectivity index (χ1) is 8.43. The number of aryl methyl sites for hydroxylation is 1. The lowest BCUT2D eigenvalue weighted by Gasteiger charge is -2.20. The van der Waals surface area contributed by atoms with Gasteiger partial charge in [0.1, 0.15) is 5.58 Å². The molecule has 1 aromatic carbocycles. The normalized spacial score (nSPS) is 12.3. The predicted octanol–water partition coefficient (Wildman–Crippen LogP) is 4.15. The summed E-state index contributed by atoms with van der Waals surface area (Å²) in [5.74, 6) is 0. The second-order valence-corrected chi connectivity index (χ2v) is 5.96. The van der Waals surface area contributed by atoms with Crippen molar-refractivity contribution in [1.29, 1.82) is 0 Å². The van der Waals surface area contributed by atoms with Crippen LogP contribution in [0.5, 0.6) is 0 Å². The molecule has 0 spiro atoms. The minimum absolute atomic E-state index is 0.172. The molecule has 0 aliphatic carbocycles. The average Bonchev–Trinajstić information content (AvgIpc) is 2.69. The summed E-state index contributed by atoms with van der Waals surface area (Å²) in [6.07, 6.45) is 1.88. The highest BCUT2D eigenvalue weighted by atomic mass is 16.3. The second-order valence-electron chi connectivity index (χ2n) is 5.96. The van der Waals surface area contributed by atoms with Crippen molar-refractivity contribution < 1.29 is 4.42 Å². The third kappa shape index (κ3) is 2.44. The maximum atomic E-state index is 5.70. The molecule has 0 unspecified atom stereocenters. The molecule has 2 heteroatoms. The Balaban J connectivity index is 2.54. The first kappa shape index (κ1) is 13.2. The molecule has 1 heterocycles. The van der Waals surface area contributed by atoms with Crippen LogP contribution in [0.25, 0.3) is 11.0 Å². The van der Waals surface area contributed by atoms with Crippen molar-refractivity contribution >= 4 is 11.0 Å². The van der Waals surface area contributed by atoms with Gasteiger partial charge in [-0.05, 0) is 36.1 Å². The van der Waals surface area contributed by atoms with Crippen molar-refractivity contribution in [3.05, 3.63) is 35.1 Å². The van der Waals surface area contributed by atoms with Crippen LogP contribution in [0.2, 0.25) is 0 Å². The van der Waals surface area contributed by atoms with Crippen LogP contribution >= 0.6 is 0 Å². The van der Waals surface area contributed by atoms with E-state index in [1.165, 1.54) is 22.1 Å². The smallest absolute Gasteiger partial charge is 0.137 e. The standard InChI is InChI=1S/C16H23NO/c1-6-17-9-12-10-18-15-11(2)7-13(8-14(12)15)16(3,4)5/h7-8,10,17H,6,9H2,1-5H3. The third-order valence-corrected chi connectivity index (χ3v) is 3.37. The molecule has 2 aromatic rings. The summed E-state index contributed by atoms with van der Waals surface area (Å²) in [5, 5.41) is 4.61. The van der Waals surface area contributed by atoms with E-state index in [-0.39, 0.29) is 5.41 Å². The highest BCUT2D eigenvalue weighted by molar-refractivity contribution is 5.84. The van der Waals surface area contributed by atoms with Crippen LogP contribution in [0.1, 0.15) is 44.4 Å². The van der Waals surface area contributed by atoms with Gasteiger partial charge in [0.2, 0.25) is 0 Å². The molecule has 2 rings (SSSR count). The van der Waals surface area contributed by atoms with E-state index in [0.29, 0.717) is 0 Å². The Morgan fingerprint density at radius 2 is 1.94 bits per heavy atom. The number of hydrogen-bond acceptors (Lipinski definition) is 2. The van der Waals surface area contributed by atoms with Gasteiger partial charge in [-0.1, -0.05) is 33.8 Å². The Labute approximate surface area is 109 Å². The molecule has 0 fully saturated rings. The molecule has 1 N–H and O–H groups in total. The zero-order valence-electron chi connectivity index (χ0n) is 12.1. The maximum Gasteiger partial charge on any atom is 0.137 e. The lowest BCUT2D eigenvalue weighted by Crippen LogP contribution is -2.12. The Morgan fingerprint density at radius 1 is 1.22 bits per heavy atom. The molecule has 98 valence electrons. The quantitative estimate of drug-likeness (QED) is 0.878. The Hall–Kier alpha value is -1.28. The Morgan fingerprint density at radius 3 is 2.56 bits per heavy atom. The number of nitrogens with one attached hydrogen (secondary N) is 1. The molecule has 2 nitrogen and oxygen atoms in total. The topological polar surface area (TPSA) is 25.2 Å². The molecule has 0 amide bonds. The molecule has 0 aliphatic heterocycles. The van der Waals surface area contributed by atoms with Gasteiger partial charge in [-0.2, -0.15) is 0 Å². The minimum atomic E-state index is 0.172. The van der Waals surface area contributed by atoms with Gasteiger partial charge in [-0.3, -0.25) is 0 Å². The molecular weight excluding hydrogens is 222 g/mol. The molecule has 0 aliphatic rings. The van der Waals surface area contributed by atoms with Gasteiger partial charge >= 0.3 is 0 Å². The van der Waals surface area contributed by atoms with E-state index in [1.54, 1.807) is 0 Å². The van der Waals surface area contributed by atoms with Crippen molar-refractivity contribution in [3.63, 3.8) is 0 Å². The van der Waals surface area contributed by atoms with Crippen LogP contribution in [-0.2, 0) is 12.0 Å². The highest BCUT2D eigenvalue weighted by Gasteiger charge is 2.17. The van der Waals surface area contributed by atoms with Crippen molar-refractivity contribution in [3.8, 4) is 0 Å². The summed E-state index contributed by atoms with van der Waals surface area (Å²) < 4.78 is 5.70. The van der Waals surface area contributed by atoms with Crippen molar-refractivity contribution in [2.75, 3.05) is 6.54 Å². The van der Waals surface area contributed by atoms with Crippen molar-refractivity contribution in [2.45, 2.75) is 46.6 Å². The zero-order valence-corrected chi connectivity index (χ0v) is 12.1. The monoisotopic (exact) mass is 245 g/mol. The molecule has 18 heavy (non-hydrogen) atoms. The summed E-state index contributed by atoms with van der Waals surface area (Å²) in [6.45, 7) is 12.8. The van der Waals surface area contributed by atoms with E-state index in [9.17, 15) is 0 Å². The zero-order chi connectivity index (χ0) is 13.3. The number of rotatable bonds is 3. The van der Waals surface area contributed by atoms with E-state index >= 15 is 0 Å². The predicted molar refractivity (Wildman–Crippen MR) is 77.0 cm³/mol. The van der Waals surface area contributed by atoms with Crippen LogP contribution < -0.4 is 5.32 Å². The summed E-state index contributed by atoms with van der Waals surface area (Å²) in [7, 11) is 0. The fraction of sp³-hybridized carbons (Fsp3) is 0.500. The van der Waals surface area contributed by atoms with Gasteiger partial charge in [-0.15, -0.1) is 0 Å². The van der Waals surface area contributed by atoms with Gasteiger partial charge in [0.25, 0.3) is 0 Å². The van der Waals surface area contributed by atoms with E-state index in [1.807, 2.05) is 6.26 Å². The molecule has 0 bridgehead atoms. The SMILES string of the molecule is CCNCc1coc2c(C)cc(C(C)(C)C)cc12. The van der Waals surface area contributed by atoms with Gasteiger partial charge < -0.3 is 9.73 Å².